The van der Waals surface area contributed by atoms with Gasteiger partial charge < -0.3 is 0 Å². The molecule has 3 rings (SSSR count). The number of hydrogen-bond acceptors (Lipinski definition) is 4. The Kier molecular flexibility index (Phi) is 5.50. The van der Waals surface area contributed by atoms with E-state index in [0.29, 0.717) is 24.0 Å². The van der Waals surface area contributed by atoms with Crippen LogP contribution in [0.1, 0.15) is 29.7 Å². The fourth-order valence-electron chi connectivity index (χ4n) is 3.48. The molecule has 0 saturated carbocycles. The monoisotopic (exact) mass is 376 g/mol. The molecule has 2 aromatic rings. The zero-order chi connectivity index (χ0) is 18.9. The number of hydrogen-bond donors (Lipinski definition) is 0. The third-order valence-corrected chi connectivity index (χ3v) is 7.38. The highest BCUT2D eigenvalue weighted by atomic mass is 32.2. The molecule has 2 heterocycles. The molecule has 1 aromatic heterocycles. The minimum Gasteiger partial charge on any atom is -0.299 e. The van der Waals surface area contributed by atoms with Gasteiger partial charge in [-0.05, 0) is 45.9 Å². The summed E-state index contributed by atoms with van der Waals surface area (Å²) in [5.74, 6) is 0. The summed E-state index contributed by atoms with van der Waals surface area (Å²) >= 11 is 0. The van der Waals surface area contributed by atoms with Crippen molar-refractivity contribution in [2.45, 2.75) is 44.2 Å². The van der Waals surface area contributed by atoms with E-state index in [1.807, 2.05) is 37.0 Å². The molecule has 0 bridgehead atoms. The predicted octanol–water partition coefficient (Wildman–Crippen LogP) is 2.32. The van der Waals surface area contributed by atoms with Crippen LogP contribution in [0, 0.1) is 13.8 Å². The van der Waals surface area contributed by atoms with Gasteiger partial charge in [-0.25, -0.2) is 8.42 Å². The molecule has 0 radical (unpaired) electrons. The Labute approximate surface area is 156 Å². The molecule has 1 aliphatic rings. The molecular weight excluding hydrogens is 348 g/mol. The van der Waals surface area contributed by atoms with Crippen molar-refractivity contribution in [1.82, 2.24) is 19.0 Å². The highest BCUT2D eigenvalue weighted by Crippen LogP contribution is 2.24. The van der Waals surface area contributed by atoms with Gasteiger partial charge >= 0.3 is 0 Å². The van der Waals surface area contributed by atoms with Gasteiger partial charge in [0.15, 0.2) is 0 Å². The van der Waals surface area contributed by atoms with Crippen molar-refractivity contribution in [3.63, 3.8) is 0 Å². The Balaban J connectivity index is 1.61. The van der Waals surface area contributed by atoms with E-state index in [-0.39, 0.29) is 0 Å². The summed E-state index contributed by atoms with van der Waals surface area (Å²) in [4.78, 5) is 2.71. The molecule has 7 heteroatoms. The number of sulfonamides is 1. The van der Waals surface area contributed by atoms with E-state index in [9.17, 15) is 8.42 Å². The highest BCUT2D eigenvalue weighted by molar-refractivity contribution is 7.89. The third-order valence-electron chi connectivity index (χ3n) is 5.46. The second-order valence-corrected chi connectivity index (χ2v) is 9.18. The Morgan fingerprint density at radius 3 is 2.31 bits per heavy atom. The first-order valence-electron chi connectivity index (χ1n) is 9.03. The summed E-state index contributed by atoms with van der Waals surface area (Å²) in [6.45, 7) is 6.01. The lowest BCUT2D eigenvalue weighted by Gasteiger charge is -2.36. The zero-order valence-corrected chi connectivity index (χ0v) is 16.8. The molecule has 1 aromatic carbocycles. The van der Waals surface area contributed by atoms with Crippen LogP contribution in [0.15, 0.2) is 35.4 Å². The lowest BCUT2D eigenvalue weighted by atomic mass is 10.0. The van der Waals surface area contributed by atoms with Crippen molar-refractivity contribution in [2.75, 3.05) is 20.1 Å². The molecule has 0 spiro atoms. The van der Waals surface area contributed by atoms with Gasteiger partial charge in [0.1, 0.15) is 0 Å². The first kappa shape index (κ1) is 19.1. The van der Waals surface area contributed by atoms with Gasteiger partial charge in [0.05, 0.1) is 11.1 Å². The topological polar surface area (TPSA) is 58.4 Å². The largest absolute Gasteiger partial charge is 0.299 e. The average Bonchev–Trinajstić information content (AvgIpc) is 2.94. The molecule has 1 saturated heterocycles. The fourth-order valence-corrected chi connectivity index (χ4v) is 4.95. The quantitative estimate of drug-likeness (QED) is 0.804. The molecule has 0 N–H and O–H groups in total. The van der Waals surface area contributed by atoms with Crippen molar-refractivity contribution in [2.24, 2.45) is 7.05 Å². The number of aryl methyl sites for hydroxylation is 2. The average molecular weight is 377 g/mol. The summed E-state index contributed by atoms with van der Waals surface area (Å²) in [5, 5.41) is 4.30. The smallest absolute Gasteiger partial charge is 0.243 e. The molecular formula is C19H28N4O2S. The van der Waals surface area contributed by atoms with Crippen LogP contribution < -0.4 is 0 Å². The van der Waals surface area contributed by atoms with Crippen molar-refractivity contribution in [3.05, 3.63) is 47.3 Å². The van der Waals surface area contributed by atoms with E-state index >= 15 is 0 Å². The number of piperidine rings is 1. The number of nitrogens with zero attached hydrogens (tertiary/aromatic N) is 4. The fraction of sp³-hybridized carbons (Fsp3) is 0.526. The standard InChI is InChI=1S/C19H28N4O2S/c1-15-5-7-19(8-6-15)26(24,25)23-11-9-18(10-12-23)21(3)14-17-13-20-22(4)16(17)2/h5-8,13,18H,9-12,14H2,1-4H3. The van der Waals surface area contributed by atoms with Crippen LogP contribution in [0.2, 0.25) is 0 Å². The number of benzene rings is 1. The van der Waals surface area contributed by atoms with E-state index in [1.54, 1.807) is 16.4 Å². The summed E-state index contributed by atoms with van der Waals surface area (Å²) in [6, 6.07) is 7.49. The second kappa shape index (κ2) is 7.50. The summed E-state index contributed by atoms with van der Waals surface area (Å²) in [5.41, 5.74) is 3.47. The predicted molar refractivity (Wildman–Crippen MR) is 102 cm³/mol. The minimum atomic E-state index is -3.39. The van der Waals surface area contributed by atoms with E-state index in [2.05, 4.69) is 24.0 Å². The van der Waals surface area contributed by atoms with Gasteiger partial charge in [-0.3, -0.25) is 9.58 Å². The van der Waals surface area contributed by atoms with Crippen LogP contribution in [0.4, 0.5) is 0 Å². The molecule has 0 amide bonds. The zero-order valence-electron chi connectivity index (χ0n) is 16.0. The van der Waals surface area contributed by atoms with Crippen LogP contribution in [-0.4, -0.2) is 53.6 Å². The van der Waals surface area contributed by atoms with Crippen molar-refractivity contribution in [1.29, 1.82) is 0 Å². The first-order chi connectivity index (χ1) is 12.3. The van der Waals surface area contributed by atoms with Crippen LogP contribution in [0.5, 0.6) is 0 Å². The van der Waals surface area contributed by atoms with Gasteiger partial charge in [0.2, 0.25) is 10.0 Å². The second-order valence-electron chi connectivity index (χ2n) is 7.24. The molecule has 1 fully saturated rings. The van der Waals surface area contributed by atoms with E-state index in [0.717, 1.165) is 24.9 Å². The van der Waals surface area contributed by atoms with E-state index in [1.165, 1.54) is 11.3 Å². The highest BCUT2D eigenvalue weighted by Gasteiger charge is 2.30. The van der Waals surface area contributed by atoms with Crippen molar-refractivity contribution >= 4 is 10.0 Å². The van der Waals surface area contributed by atoms with Crippen LogP contribution in [0.3, 0.4) is 0 Å². The van der Waals surface area contributed by atoms with Crippen LogP contribution in [0.25, 0.3) is 0 Å². The van der Waals surface area contributed by atoms with Gasteiger partial charge in [-0.2, -0.15) is 9.40 Å². The Bertz CT molecular complexity index is 850. The molecule has 26 heavy (non-hydrogen) atoms. The van der Waals surface area contributed by atoms with E-state index in [4.69, 9.17) is 0 Å². The number of rotatable bonds is 5. The SMILES string of the molecule is Cc1ccc(S(=O)(=O)N2CCC(N(C)Cc3cnn(C)c3C)CC2)cc1. The lowest BCUT2D eigenvalue weighted by molar-refractivity contribution is 0.162. The molecule has 0 aliphatic carbocycles. The molecule has 142 valence electrons. The summed E-state index contributed by atoms with van der Waals surface area (Å²) in [6.07, 6.45) is 3.62. The number of aromatic nitrogens is 2. The summed E-state index contributed by atoms with van der Waals surface area (Å²) in [7, 11) is 0.675. The molecule has 1 aliphatic heterocycles. The third kappa shape index (κ3) is 3.84. The Hall–Kier alpha value is -1.70. The van der Waals surface area contributed by atoms with Gasteiger partial charge in [0.25, 0.3) is 0 Å². The van der Waals surface area contributed by atoms with Crippen molar-refractivity contribution in [3.8, 4) is 0 Å². The first-order valence-corrected chi connectivity index (χ1v) is 10.5. The molecule has 0 unspecified atom stereocenters. The maximum absolute atomic E-state index is 12.8. The summed E-state index contributed by atoms with van der Waals surface area (Å²) < 4.78 is 29.1. The molecule has 0 atom stereocenters. The lowest BCUT2D eigenvalue weighted by Crippen LogP contribution is -2.45. The van der Waals surface area contributed by atoms with Crippen LogP contribution >= 0.6 is 0 Å². The normalized spacial score (nSPS) is 17.1. The van der Waals surface area contributed by atoms with Crippen LogP contribution in [-0.2, 0) is 23.6 Å². The van der Waals surface area contributed by atoms with E-state index < -0.39 is 10.0 Å². The maximum atomic E-state index is 12.8. The maximum Gasteiger partial charge on any atom is 0.243 e. The van der Waals surface area contributed by atoms with Gasteiger partial charge in [0, 0.05) is 44.0 Å². The van der Waals surface area contributed by atoms with Gasteiger partial charge in [-0.15, -0.1) is 0 Å². The van der Waals surface area contributed by atoms with Gasteiger partial charge in [-0.1, -0.05) is 17.7 Å². The molecule has 6 nitrogen and oxygen atoms in total. The minimum absolute atomic E-state index is 0.388. The Morgan fingerprint density at radius 1 is 1.15 bits per heavy atom. The Morgan fingerprint density at radius 2 is 1.77 bits per heavy atom. The van der Waals surface area contributed by atoms with Crippen molar-refractivity contribution < 1.29 is 8.42 Å².